The maximum Gasteiger partial charge on any atom is 0.339 e. The number of rotatable bonds is 3. The molecule has 0 saturated heterocycles. The molecule has 1 radical (unpaired) electrons. The van der Waals surface area contributed by atoms with Gasteiger partial charge in [-0.15, -0.1) is 0 Å². The molecule has 0 fully saturated rings. The van der Waals surface area contributed by atoms with E-state index in [1.54, 1.807) is 6.07 Å². The van der Waals surface area contributed by atoms with Gasteiger partial charge in [0.2, 0.25) is 0 Å². The molecule has 3 rings (SSSR count). The second kappa shape index (κ2) is 6.71. The minimum absolute atomic E-state index is 0. The number of hydrogen-bond acceptors (Lipinski definition) is 3. The van der Waals surface area contributed by atoms with Crippen LogP contribution in [-0.2, 0) is 14.3 Å². The van der Waals surface area contributed by atoms with Crippen molar-refractivity contribution < 1.29 is 12.6 Å². The van der Waals surface area contributed by atoms with Crippen LogP contribution in [0.3, 0.4) is 0 Å². The smallest absolute Gasteiger partial charge is 0.339 e. The molecule has 0 bridgehead atoms. The van der Waals surface area contributed by atoms with E-state index < -0.39 is 10.1 Å². The van der Waals surface area contributed by atoms with Crippen LogP contribution < -0.4 is 0 Å². The monoisotopic (exact) mass is 369 g/mol. The van der Waals surface area contributed by atoms with Crippen molar-refractivity contribution in [3.8, 4) is 0 Å². The molecule has 3 nitrogen and oxygen atoms in total. The summed E-state index contributed by atoms with van der Waals surface area (Å²) in [6.07, 6.45) is 0.926. The molecule has 0 aliphatic rings. The van der Waals surface area contributed by atoms with Crippen LogP contribution in [0, 0.1) is 0 Å². The Hall–Kier alpha value is -0.525. The Morgan fingerprint density at radius 1 is 0.905 bits per heavy atom. The summed E-state index contributed by atoms with van der Waals surface area (Å²) in [7, 11) is -3.82. The van der Waals surface area contributed by atoms with Crippen LogP contribution in [0.4, 0.5) is 0 Å². The summed E-state index contributed by atoms with van der Waals surface area (Å²) in [6.45, 7) is 3.30. The van der Waals surface area contributed by atoms with E-state index in [1.807, 2.05) is 42.5 Å². The van der Waals surface area contributed by atoms with Crippen molar-refractivity contribution in [3.05, 3.63) is 67.4 Å². The van der Waals surface area contributed by atoms with Crippen molar-refractivity contribution in [1.82, 2.24) is 0 Å². The van der Waals surface area contributed by atoms with Gasteiger partial charge in [-0.3, -0.25) is 0 Å². The number of benzene rings is 3. The molecule has 3 aromatic carbocycles. The maximum atomic E-state index is 12.1. The fourth-order valence-electron chi connectivity index (χ4n) is 2.30. The van der Waals surface area contributed by atoms with Gasteiger partial charge in [0.1, 0.15) is 4.90 Å². The number of fused-ring (bicyclic) bond motifs is 2. The van der Waals surface area contributed by atoms with Crippen molar-refractivity contribution in [2.24, 2.45) is 0 Å². The van der Waals surface area contributed by atoms with Crippen molar-refractivity contribution in [2.45, 2.75) is 4.90 Å². The summed E-state index contributed by atoms with van der Waals surface area (Å²) in [4.78, 5) is 0.153. The molecule has 3 aromatic rings. The molecule has 0 aliphatic heterocycles. The Kier molecular flexibility index (Phi) is 5.38. The largest absolute Gasteiger partial charge is 0.388 e. The summed E-state index contributed by atoms with van der Waals surface area (Å²) in [5, 5.41) is 3.56. The first kappa shape index (κ1) is 16.8. The van der Waals surface area contributed by atoms with Crippen molar-refractivity contribution in [2.75, 3.05) is 0 Å². The van der Waals surface area contributed by atoms with Crippen LogP contribution in [0.2, 0.25) is 0 Å². The molecule has 0 aliphatic carbocycles. The Bertz CT molecular complexity index is 917. The molecule has 101 valence electrons. The molecule has 0 N–H and O–H groups in total. The predicted octanol–water partition coefficient (Wildman–Crippen LogP) is 3.46. The van der Waals surface area contributed by atoms with E-state index in [1.165, 1.54) is 6.07 Å². The molecular weight excluding hydrogens is 358 g/mol. The van der Waals surface area contributed by atoms with Gasteiger partial charge in [-0.25, -0.2) is 0 Å². The summed E-state index contributed by atoms with van der Waals surface area (Å²) >= 11 is 0. The zero-order chi connectivity index (χ0) is 14.2. The van der Waals surface area contributed by atoms with Gasteiger partial charge in [-0.05, 0) is 34.4 Å². The van der Waals surface area contributed by atoms with Gasteiger partial charge in [0.25, 0.3) is 0 Å². The normalized spacial score (nSPS) is 11.0. The second-order valence-corrected chi connectivity index (χ2v) is 5.93. The second-order valence-electron chi connectivity index (χ2n) is 4.39. The zero-order valence-corrected chi connectivity index (χ0v) is 17.3. The average molecular weight is 370 g/mol. The fraction of sp³-hybridized carbons (Fsp3) is 0. The van der Waals surface area contributed by atoms with E-state index in [4.69, 9.17) is 0 Å². The molecule has 0 aromatic heterocycles. The molecule has 0 atom stereocenters. The molecule has 0 heterocycles. The maximum absolute atomic E-state index is 12.1. The summed E-state index contributed by atoms with van der Waals surface area (Å²) in [5.74, 6) is 0. The van der Waals surface area contributed by atoms with Crippen LogP contribution in [0.25, 0.3) is 21.5 Å². The van der Waals surface area contributed by atoms with Crippen LogP contribution in [0.15, 0.2) is 72.3 Å². The summed E-state index contributed by atoms with van der Waals surface area (Å²) in [6, 6.07) is 16.8. The SMILES string of the molecule is C=COS(=O)(=O)c1cccc2cc3ccccc3cc12.[Rb]. The first-order valence-corrected chi connectivity index (χ1v) is 7.48. The third-order valence-corrected chi connectivity index (χ3v) is 4.45. The van der Waals surface area contributed by atoms with E-state index in [-0.39, 0.29) is 63.1 Å². The first-order valence-electron chi connectivity index (χ1n) is 6.07. The Morgan fingerprint density at radius 2 is 1.52 bits per heavy atom. The molecule has 0 amide bonds. The molecule has 5 heteroatoms. The van der Waals surface area contributed by atoms with Crippen LogP contribution in [0.1, 0.15) is 0 Å². The molecule has 0 spiro atoms. The fourth-order valence-corrected chi connectivity index (χ4v) is 3.27. The van der Waals surface area contributed by atoms with Gasteiger partial charge in [0.05, 0.1) is 6.26 Å². The first-order chi connectivity index (χ1) is 9.62. The van der Waals surface area contributed by atoms with Crippen molar-refractivity contribution in [3.63, 3.8) is 0 Å². The standard InChI is InChI=1S/C16H12O3S.Rb/c1-2-19-20(17,18)16-9-5-8-14-10-12-6-3-4-7-13(12)11-15(14)16;/h2-11H,1H2;. The quantitative estimate of drug-likeness (QED) is 0.403. The van der Waals surface area contributed by atoms with Crippen LogP contribution in [-0.4, -0.2) is 66.6 Å². The third kappa shape index (κ3) is 3.30. The predicted molar refractivity (Wildman–Crippen MR) is 85.7 cm³/mol. The number of hydrogen-bond donors (Lipinski definition) is 0. The van der Waals surface area contributed by atoms with Gasteiger partial charge in [-0.2, -0.15) is 8.42 Å². The molecular formula is C16H12O3RbS. The molecule has 0 unspecified atom stereocenters. The van der Waals surface area contributed by atoms with E-state index in [0.29, 0.717) is 5.39 Å². The Labute approximate surface area is 172 Å². The molecule has 0 saturated carbocycles. The van der Waals surface area contributed by atoms with Gasteiger partial charge in [0.15, 0.2) is 0 Å². The Morgan fingerprint density at radius 3 is 2.19 bits per heavy atom. The van der Waals surface area contributed by atoms with Gasteiger partial charge < -0.3 is 4.18 Å². The van der Waals surface area contributed by atoms with Gasteiger partial charge >= 0.3 is 10.1 Å². The zero-order valence-electron chi connectivity index (χ0n) is 11.6. The van der Waals surface area contributed by atoms with E-state index in [0.717, 1.165) is 22.4 Å². The summed E-state index contributed by atoms with van der Waals surface area (Å²) < 4.78 is 28.8. The van der Waals surface area contributed by atoms with Crippen LogP contribution in [0.5, 0.6) is 0 Å². The minimum Gasteiger partial charge on any atom is -0.388 e. The van der Waals surface area contributed by atoms with Crippen molar-refractivity contribution >= 4 is 89.9 Å². The average Bonchev–Trinajstić information content (AvgIpc) is 2.44. The van der Waals surface area contributed by atoms with E-state index in [2.05, 4.69) is 10.8 Å². The Balaban J connectivity index is 0.00000161. The topological polar surface area (TPSA) is 43.4 Å². The van der Waals surface area contributed by atoms with E-state index >= 15 is 0 Å². The van der Waals surface area contributed by atoms with Gasteiger partial charge in [-0.1, -0.05) is 43.0 Å². The minimum atomic E-state index is -3.82. The van der Waals surface area contributed by atoms with Crippen LogP contribution >= 0.6 is 0 Å². The van der Waals surface area contributed by atoms with E-state index in [9.17, 15) is 8.42 Å². The summed E-state index contributed by atoms with van der Waals surface area (Å²) in [5.41, 5.74) is 0. The van der Waals surface area contributed by atoms with Crippen molar-refractivity contribution in [1.29, 1.82) is 0 Å². The molecule has 21 heavy (non-hydrogen) atoms. The van der Waals surface area contributed by atoms with Gasteiger partial charge in [0, 0.05) is 63.6 Å². The third-order valence-electron chi connectivity index (χ3n) is 3.17.